The molecule has 6 nitrogen and oxygen atoms in total. The average molecular weight is 289 g/mol. The summed E-state index contributed by atoms with van der Waals surface area (Å²) in [5, 5.41) is 5.53. The number of hydrogen-bond donors (Lipinski definition) is 2. The maximum Gasteiger partial charge on any atom is 0.319 e. The fourth-order valence-electron chi connectivity index (χ4n) is 1.97. The zero-order valence-electron chi connectivity index (χ0n) is 12.4. The predicted octanol–water partition coefficient (Wildman–Crippen LogP) is 2.66. The first kappa shape index (κ1) is 14.9. The van der Waals surface area contributed by atoms with Crippen LogP contribution in [0.2, 0.25) is 0 Å². The van der Waals surface area contributed by atoms with Crippen LogP contribution in [0.1, 0.15) is 17.3 Å². The molecule has 2 amide bonds. The second-order valence-electron chi connectivity index (χ2n) is 4.60. The van der Waals surface area contributed by atoms with Crippen LogP contribution >= 0.6 is 0 Å². The molecule has 0 fully saturated rings. The number of hydrogen-bond acceptors (Lipinski definition) is 4. The van der Waals surface area contributed by atoms with Crippen LogP contribution in [0.5, 0.6) is 5.75 Å². The van der Waals surface area contributed by atoms with Gasteiger partial charge in [-0.15, -0.1) is 0 Å². The van der Waals surface area contributed by atoms with Gasteiger partial charge in [-0.1, -0.05) is 6.07 Å². The zero-order chi connectivity index (χ0) is 15.2. The van der Waals surface area contributed by atoms with Crippen LogP contribution in [0.4, 0.5) is 10.5 Å². The number of oxazole rings is 1. The fraction of sp³-hybridized carbons (Fsp3) is 0.333. The Morgan fingerprint density at radius 2 is 2.19 bits per heavy atom. The third-order valence-corrected chi connectivity index (χ3v) is 2.97. The molecular weight excluding hydrogens is 270 g/mol. The van der Waals surface area contributed by atoms with E-state index in [2.05, 4.69) is 15.6 Å². The van der Waals surface area contributed by atoms with Crippen LogP contribution in [0.15, 0.2) is 28.7 Å². The van der Waals surface area contributed by atoms with E-state index in [-0.39, 0.29) is 6.03 Å². The van der Waals surface area contributed by atoms with Gasteiger partial charge in [0.25, 0.3) is 0 Å². The summed E-state index contributed by atoms with van der Waals surface area (Å²) in [5.41, 5.74) is 1.55. The Kier molecular flexibility index (Phi) is 4.81. The van der Waals surface area contributed by atoms with Crippen molar-refractivity contribution in [2.45, 2.75) is 20.3 Å². The van der Waals surface area contributed by atoms with Crippen molar-refractivity contribution in [1.29, 1.82) is 0 Å². The summed E-state index contributed by atoms with van der Waals surface area (Å²) >= 11 is 0. The lowest BCUT2D eigenvalue weighted by Crippen LogP contribution is -2.30. The number of urea groups is 1. The maximum absolute atomic E-state index is 11.8. The lowest BCUT2D eigenvalue weighted by Gasteiger charge is -2.08. The van der Waals surface area contributed by atoms with E-state index in [0.717, 1.165) is 11.5 Å². The molecule has 6 heteroatoms. The van der Waals surface area contributed by atoms with Crippen molar-refractivity contribution in [1.82, 2.24) is 10.3 Å². The molecule has 0 radical (unpaired) electrons. The quantitative estimate of drug-likeness (QED) is 0.887. The Morgan fingerprint density at radius 1 is 1.38 bits per heavy atom. The van der Waals surface area contributed by atoms with Gasteiger partial charge in [0.1, 0.15) is 11.5 Å². The van der Waals surface area contributed by atoms with Gasteiger partial charge in [-0.3, -0.25) is 0 Å². The van der Waals surface area contributed by atoms with E-state index in [9.17, 15) is 4.79 Å². The Balaban J connectivity index is 1.80. The molecule has 2 aromatic rings. The molecule has 0 aliphatic carbocycles. The Labute approximate surface area is 123 Å². The summed E-state index contributed by atoms with van der Waals surface area (Å²) in [6, 6.07) is 6.92. The van der Waals surface area contributed by atoms with Gasteiger partial charge < -0.3 is 19.8 Å². The number of aryl methyl sites for hydroxylation is 2. The highest BCUT2D eigenvalue weighted by atomic mass is 16.5. The molecule has 2 N–H and O–H groups in total. The molecule has 1 aromatic heterocycles. The average Bonchev–Trinajstić information content (AvgIpc) is 2.77. The third-order valence-electron chi connectivity index (χ3n) is 2.97. The maximum atomic E-state index is 11.8. The number of ether oxygens (including phenoxy) is 1. The first-order valence-corrected chi connectivity index (χ1v) is 6.70. The first-order chi connectivity index (χ1) is 10.1. The number of carbonyl (C=O) groups is 1. The number of anilines is 1. The van der Waals surface area contributed by atoms with Gasteiger partial charge in [-0.2, -0.15) is 0 Å². The summed E-state index contributed by atoms with van der Waals surface area (Å²) in [7, 11) is 1.58. The molecule has 0 spiro atoms. The van der Waals surface area contributed by atoms with Gasteiger partial charge in [-0.05, 0) is 19.1 Å². The highest BCUT2D eigenvalue weighted by Gasteiger charge is 2.07. The van der Waals surface area contributed by atoms with Crippen LogP contribution in [0.25, 0.3) is 0 Å². The lowest BCUT2D eigenvalue weighted by molar-refractivity contribution is 0.252. The predicted molar refractivity (Wildman–Crippen MR) is 79.7 cm³/mol. The summed E-state index contributed by atoms with van der Waals surface area (Å²) in [6.07, 6.45) is 0.634. The minimum absolute atomic E-state index is 0.263. The van der Waals surface area contributed by atoms with E-state index >= 15 is 0 Å². The third kappa shape index (κ3) is 4.24. The number of rotatable bonds is 5. The van der Waals surface area contributed by atoms with Crippen LogP contribution in [-0.4, -0.2) is 24.7 Å². The normalized spacial score (nSPS) is 10.2. The van der Waals surface area contributed by atoms with E-state index < -0.39 is 0 Å². The molecule has 0 saturated carbocycles. The van der Waals surface area contributed by atoms with E-state index in [1.54, 1.807) is 26.2 Å². The number of nitrogens with one attached hydrogen (secondary N) is 2. The van der Waals surface area contributed by atoms with Gasteiger partial charge in [0.15, 0.2) is 5.89 Å². The number of methoxy groups -OCH3 is 1. The molecule has 0 unspecified atom stereocenters. The second kappa shape index (κ2) is 6.78. The molecule has 0 saturated heterocycles. The van der Waals surface area contributed by atoms with Gasteiger partial charge in [0, 0.05) is 31.6 Å². The Hall–Kier alpha value is -2.50. The molecule has 21 heavy (non-hydrogen) atoms. The highest BCUT2D eigenvalue weighted by molar-refractivity contribution is 5.89. The summed E-state index contributed by atoms with van der Waals surface area (Å²) in [6.45, 7) is 4.16. The van der Waals surface area contributed by atoms with Gasteiger partial charge in [0.2, 0.25) is 0 Å². The van der Waals surface area contributed by atoms with Crippen molar-refractivity contribution in [2.24, 2.45) is 0 Å². The number of nitrogens with zero attached hydrogens (tertiary/aromatic N) is 1. The summed E-state index contributed by atoms with van der Waals surface area (Å²) in [5.74, 6) is 2.13. The lowest BCUT2D eigenvalue weighted by atomic mass is 10.3. The van der Waals surface area contributed by atoms with Crippen molar-refractivity contribution in [3.8, 4) is 5.75 Å². The monoisotopic (exact) mass is 289 g/mol. The number of benzene rings is 1. The molecule has 1 aromatic carbocycles. The van der Waals surface area contributed by atoms with Crippen LogP contribution in [-0.2, 0) is 6.42 Å². The van der Waals surface area contributed by atoms with Crippen molar-refractivity contribution < 1.29 is 13.9 Å². The Bertz CT molecular complexity index is 622. The van der Waals surface area contributed by atoms with Crippen LogP contribution < -0.4 is 15.4 Å². The van der Waals surface area contributed by atoms with Crippen molar-refractivity contribution >= 4 is 11.7 Å². The minimum atomic E-state index is -0.263. The molecule has 0 atom stereocenters. The molecule has 0 bridgehead atoms. The van der Waals surface area contributed by atoms with E-state index in [0.29, 0.717) is 30.3 Å². The zero-order valence-corrected chi connectivity index (χ0v) is 12.4. The van der Waals surface area contributed by atoms with Crippen molar-refractivity contribution in [3.63, 3.8) is 0 Å². The summed E-state index contributed by atoms with van der Waals surface area (Å²) in [4.78, 5) is 16.0. The number of amides is 2. The van der Waals surface area contributed by atoms with E-state index in [1.807, 2.05) is 19.1 Å². The molecule has 0 aliphatic rings. The van der Waals surface area contributed by atoms with E-state index in [1.165, 1.54) is 0 Å². The molecule has 2 rings (SSSR count). The number of aromatic nitrogens is 1. The highest BCUT2D eigenvalue weighted by Crippen LogP contribution is 2.16. The SMILES string of the molecule is COc1cccc(NC(=O)NCCc2nc(C)oc2C)c1. The second-order valence-corrected chi connectivity index (χ2v) is 4.60. The number of carbonyl (C=O) groups excluding carboxylic acids is 1. The topological polar surface area (TPSA) is 76.4 Å². The fourth-order valence-corrected chi connectivity index (χ4v) is 1.97. The largest absolute Gasteiger partial charge is 0.497 e. The smallest absolute Gasteiger partial charge is 0.319 e. The van der Waals surface area contributed by atoms with Gasteiger partial charge in [-0.25, -0.2) is 9.78 Å². The van der Waals surface area contributed by atoms with Crippen LogP contribution in [0, 0.1) is 13.8 Å². The van der Waals surface area contributed by atoms with Crippen molar-refractivity contribution in [3.05, 3.63) is 41.6 Å². The standard InChI is InChI=1S/C15H19N3O3/c1-10-14(17-11(2)21-10)7-8-16-15(19)18-12-5-4-6-13(9-12)20-3/h4-6,9H,7-8H2,1-3H3,(H2,16,18,19). The minimum Gasteiger partial charge on any atom is -0.497 e. The Morgan fingerprint density at radius 3 is 2.86 bits per heavy atom. The molecular formula is C15H19N3O3. The van der Waals surface area contributed by atoms with Gasteiger partial charge in [0.05, 0.1) is 12.8 Å². The van der Waals surface area contributed by atoms with Gasteiger partial charge >= 0.3 is 6.03 Å². The molecule has 1 heterocycles. The van der Waals surface area contributed by atoms with Crippen molar-refractivity contribution in [2.75, 3.05) is 19.0 Å². The van der Waals surface area contributed by atoms with Crippen LogP contribution in [0.3, 0.4) is 0 Å². The molecule has 112 valence electrons. The van der Waals surface area contributed by atoms with E-state index in [4.69, 9.17) is 9.15 Å². The summed E-state index contributed by atoms with van der Waals surface area (Å²) < 4.78 is 10.4. The first-order valence-electron chi connectivity index (χ1n) is 6.70. The molecule has 0 aliphatic heterocycles.